The van der Waals surface area contributed by atoms with E-state index in [2.05, 4.69) is 5.32 Å². The van der Waals surface area contributed by atoms with E-state index in [0.29, 0.717) is 32.7 Å². The monoisotopic (exact) mass is 308 g/mol. The van der Waals surface area contributed by atoms with Crippen molar-refractivity contribution in [3.63, 3.8) is 0 Å². The van der Waals surface area contributed by atoms with Gasteiger partial charge in [0.25, 0.3) is 0 Å². The highest BCUT2D eigenvalue weighted by Gasteiger charge is 2.23. The lowest BCUT2D eigenvalue weighted by Crippen LogP contribution is -2.46. The number of nitrogens with one attached hydrogen (secondary N) is 1. The van der Waals surface area contributed by atoms with Crippen LogP contribution in [0.15, 0.2) is 30.3 Å². The number of carbonyl (C=O) groups is 2. The van der Waals surface area contributed by atoms with E-state index in [1.807, 2.05) is 30.3 Å². The quantitative estimate of drug-likeness (QED) is 0.864. The Kier molecular flexibility index (Phi) is 6.02. The van der Waals surface area contributed by atoms with Crippen LogP contribution in [-0.4, -0.2) is 54.5 Å². The fourth-order valence-electron chi connectivity index (χ4n) is 2.18. The molecule has 2 amide bonds. The molecular formula is C15H20N2O5. The Morgan fingerprint density at radius 2 is 2.14 bits per heavy atom. The van der Waals surface area contributed by atoms with Crippen LogP contribution in [0.4, 0.5) is 9.59 Å². The van der Waals surface area contributed by atoms with Crippen LogP contribution in [0.2, 0.25) is 0 Å². The summed E-state index contributed by atoms with van der Waals surface area (Å²) in [7, 11) is 0. The summed E-state index contributed by atoms with van der Waals surface area (Å²) in [4.78, 5) is 23.8. The number of carboxylic acid groups (broad SMARTS) is 1. The van der Waals surface area contributed by atoms with Crippen molar-refractivity contribution in [3.8, 4) is 0 Å². The Hall–Kier alpha value is -2.28. The highest BCUT2D eigenvalue weighted by atomic mass is 16.5. The minimum atomic E-state index is -0.941. The number of benzene rings is 1. The van der Waals surface area contributed by atoms with Crippen molar-refractivity contribution in [1.82, 2.24) is 10.2 Å². The molecular weight excluding hydrogens is 288 g/mol. The Balaban J connectivity index is 1.61. The molecule has 120 valence electrons. The summed E-state index contributed by atoms with van der Waals surface area (Å²) >= 11 is 0. The van der Waals surface area contributed by atoms with Crippen LogP contribution in [-0.2, 0) is 16.1 Å². The molecule has 2 rings (SSSR count). The van der Waals surface area contributed by atoms with E-state index in [0.717, 1.165) is 5.56 Å². The number of nitrogens with zero attached hydrogens (tertiary/aromatic N) is 1. The number of ether oxygens (including phenoxy) is 2. The van der Waals surface area contributed by atoms with Crippen molar-refractivity contribution >= 4 is 12.2 Å². The van der Waals surface area contributed by atoms with Crippen molar-refractivity contribution in [2.75, 3.05) is 26.2 Å². The fraction of sp³-hybridized carbons (Fsp3) is 0.467. The van der Waals surface area contributed by atoms with Gasteiger partial charge in [0.1, 0.15) is 6.61 Å². The number of rotatable bonds is 5. The Labute approximate surface area is 128 Å². The summed E-state index contributed by atoms with van der Waals surface area (Å²) in [6, 6.07) is 9.41. The lowest BCUT2D eigenvalue weighted by atomic mass is 10.2. The normalized spacial score (nSPS) is 17.8. The second-order valence-corrected chi connectivity index (χ2v) is 5.00. The Morgan fingerprint density at radius 3 is 2.86 bits per heavy atom. The minimum absolute atomic E-state index is 0.195. The van der Waals surface area contributed by atoms with Gasteiger partial charge in [-0.15, -0.1) is 0 Å². The third-order valence-electron chi connectivity index (χ3n) is 3.36. The summed E-state index contributed by atoms with van der Waals surface area (Å²) in [5.74, 6) is 0. The molecule has 0 saturated carbocycles. The number of hydrogen-bond acceptors (Lipinski definition) is 4. The van der Waals surface area contributed by atoms with E-state index in [4.69, 9.17) is 14.6 Å². The summed E-state index contributed by atoms with van der Waals surface area (Å²) in [5, 5.41) is 11.6. The SMILES string of the molecule is O=C(NCC[C@H]1CN(C(=O)O)CCO1)OCc1ccccc1. The molecule has 7 nitrogen and oxygen atoms in total. The molecule has 0 spiro atoms. The lowest BCUT2D eigenvalue weighted by molar-refractivity contribution is -0.0249. The van der Waals surface area contributed by atoms with Crippen LogP contribution in [0.5, 0.6) is 0 Å². The second kappa shape index (κ2) is 8.23. The molecule has 2 N–H and O–H groups in total. The third-order valence-corrected chi connectivity index (χ3v) is 3.36. The molecule has 1 saturated heterocycles. The van der Waals surface area contributed by atoms with E-state index >= 15 is 0 Å². The molecule has 1 atom stereocenters. The van der Waals surface area contributed by atoms with Crippen molar-refractivity contribution in [3.05, 3.63) is 35.9 Å². The first kappa shape index (κ1) is 16.1. The van der Waals surface area contributed by atoms with Gasteiger partial charge in [-0.2, -0.15) is 0 Å². The van der Waals surface area contributed by atoms with Crippen LogP contribution in [0.1, 0.15) is 12.0 Å². The fourth-order valence-corrected chi connectivity index (χ4v) is 2.18. The van der Waals surface area contributed by atoms with E-state index in [1.165, 1.54) is 4.90 Å². The molecule has 1 heterocycles. The maximum atomic E-state index is 11.6. The highest BCUT2D eigenvalue weighted by Crippen LogP contribution is 2.08. The maximum absolute atomic E-state index is 11.6. The number of amides is 2. The van der Waals surface area contributed by atoms with Crippen molar-refractivity contribution in [1.29, 1.82) is 0 Å². The van der Waals surface area contributed by atoms with Crippen molar-refractivity contribution in [2.45, 2.75) is 19.1 Å². The van der Waals surface area contributed by atoms with Gasteiger partial charge in [-0.25, -0.2) is 9.59 Å². The maximum Gasteiger partial charge on any atom is 0.407 e. The highest BCUT2D eigenvalue weighted by molar-refractivity contribution is 5.67. The van der Waals surface area contributed by atoms with Gasteiger partial charge in [-0.05, 0) is 12.0 Å². The zero-order chi connectivity index (χ0) is 15.8. The number of hydrogen-bond donors (Lipinski definition) is 2. The Bertz CT molecular complexity index is 494. The summed E-state index contributed by atoms with van der Waals surface area (Å²) in [6.07, 6.45) is -1.08. The molecule has 0 aromatic heterocycles. The Morgan fingerprint density at radius 1 is 1.36 bits per heavy atom. The van der Waals surface area contributed by atoms with Gasteiger partial charge in [-0.3, -0.25) is 0 Å². The van der Waals surface area contributed by atoms with Gasteiger partial charge in [0.15, 0.2) is 0 Å². The molecule has 22 heavy (non-hydrogen) atoms. The molecule has 0 aliphatic carbocycles. The first-order valence-corrected chi connectivity index (χ1v) is 7.19. The van der Waals surface area contributed by atoms with Crippen LogP contribution in [0.25, 0.3) is 0 Å². The largest absolute Gasteiger partial charge is 0.465 e. The molecule has 0 unspecified atom stereocenters. The zero-order valence-electron chi connectivity index (χ0n) is 12.2. The van der Waals surface area contributed by atoms with Gasteiger partial charge in [0.2, 0.25) is 0 Å². The topological polar surface area (TPSA) is 88.1 Å². The summed E-state index contributed by atoms with van der Waals surface area (Å²) < 4.78 is 10.6. The van der Waals surface area contributed by atoms with Crippen molar-refractivity contribution in [2.24, 2.45) is 0 Å². The summed E-state index contributed by atoms with van der Waals surface area (Å²) in [5.41, 5.74) is 0.922. The molecule has 0 radical (unpaired) electrons. The van der Waals surface area contributed by atoms with Crippen LogP contribution < -0.4 is 5.32 Å². The van der Waals surface area contributed by atoms with Gasteiger partial charge < -0.3 is 24.8 Å². The third kappa shape index (κ3) is 5.25. The average molecular weight is 308 g/mol. The molecule has 1 aromatic rings. The number of carbonyl (C=O) groups excluding carboxylic acids is 1. The standard InChI is InChI=1S/C15H20N2O5/c18-14(22-11-12-4-2-1-3-5-12)16-7-6-13-10-17(15(19)20)8-9-21-13/h1-5,13H,6-11H2,(H,16,18)(H,19,20)/t13-/m0/s1. The predicted octanol–water partition coefficient (Wildman–Crippen LogP) is 1.68. The molecule has 1 aliphatic rings. The van der Waals surface area contributed by atoms with E-state index in [1.54, 1.807) is 0 Å². The average Bonchev–Trinajstić information content (AvgIpc) is 2.54. The van der Waals surface area contributed by atoms with Crippen LogP contribution in [0.3, 0.4) is 0 Å². The smallest absolute Gasteiger partial charge is 0.407 e. The minimum Gasteiger partial charge on any atom is -0.465 e. The van der Waals surface area contributed by atoms with Gasteiger partial charge in [-0.1, -0.05) is 30.3 Å². The predicted molar refractivity (Wildman–Crippen MR) is 78.6 cm³/mol. The van der Waals surface area contributed by atoms with E-state index in [9.17, 15) is 9.59 Å². The molecule has 7 heteroatoms. The number of morpholine rings is 1. The lowest BCUT2D eigenvalue weighted by Gasteiger charge is -2.30. The van der Waals surface area contributed by atoms with E-state index in [-0.39, 0.29) is 12.7 Å². The van der Waals surface area contributed by atoms with Gasteiger partial charge in [0, 0.05) is 13.1 Å². The van der Waals surface area contributed by atoms with Gasteiger partial charge in [0.05, 0.1) is 19.3 Å². The molecule has 1 aliphatic heterocycles. The first-order valence-electron chi connectivity index (χ1n) is 7.19. The molecule has 1 fully saturated rings. The second-order valence-electron chi connectivity index (χ2n) is 5.00. The number of alkyl carbamates (subject to hydrolysis) is 1. The van der Waals surface area contributed by atoms with Gasteiger partial charge >= 0.3 is 12.2 Å². The molecule has 1 aromatic carbocycles. The van der Waals surface area contributed by atoms with Crippen LogP contribution >= 0.6 is 0 Å². The molecule has 0 bridgehead atoms. The van der Waals surface area contributed by atoms with Crippen LogP contribution in [0, 0.1) is 0 Å². The first-order chi connectivity index (χ1) is 10.6. The van der Waals surface area contributed by atoms with Crippen molar-refractivity contribution < 1.29 is 24.2 Å². The zero-order valence-corrected chi connectivity index (χ0v) is 12.2. The summed E-state index contributed by atoms with van der Waals surface area (Å²) in [6.45, 7) is 1.70. The van der Waals surface area contributed by atoms with E-state index < -0.39 is 12.2 Å².